The first-order chi connectivity index (χ1) is 12.9. The first-order valence-electron chi connectivity index (χ1n) is 8.90. The number of ether oxygens (including phenoxy) is 1. The van der Waals surface area contributed by atoms with Crippen LogP contribution in [0.4, 0.5) is 0 Å². The van der Waals surface area contributed by atoms with E-state index in [-0.39, 0.29) is 12.5 Å². The van der Waals surface area contributed by atoms with E-state index in [2.05, 4.69) is 29.6 Å². The highest BCUT2D eigenvalue weighted by Crippen LogP contribution is 2.45. The first kappa shape index (κ1) is 18.1. The Kier molecular flexibility index (Phi) is 4.48. The van der Waals surface area contributed by atoms with E-state index >= 15 is 0 Å². The van der Waals surface area contributed by atoms with Crippen LogP contribution in [0, 0.1) is 0 Å². The molecule has 4 rings (SSSR count). The highest BCUT2D eigenvalue weighted by atomic mass is 32.2. The van der Waals surface area contributed by atoms with Crippen molar-refractivity contribution in [1.82, 2.24) is 5.32 Å². The molecular weight excluding hydrogens is 362 g/mol. The van der Waals surface area contributed by atoms with E-state index in [4.69, 9.17) is 4.74 Å². The number of aliphatic carboxylic acids is 1. The summed E-state index contributed by atoms with van der Waals surface area (Å²) >= 11 is 1.30. The molecule has 0 amide bonds. The van der Waals surface area contributed by atoms with Crippen LogP contribution < -0.4 is 5.32 Å². The van der Waals surface area contributed by atoms with Gasteiger partial charge in [0, 0.05) is 10.7 Å². The molecule has 2 aromatic rings. The molecule has 140 valence electrons. The van der Waals surface area contributed by atoms with E-state index in [0.29, 0.717) is 0 Å². The number of carbonyl (C=O) groups excluding carboxylic acids is 1. The van der Waals surface area contributed by atoms with Gasteiger partial charge in [0.25, 0.3) is 0 Å². The predicted molar refractivity (Wildman–Crippen MR) is 105 cm³/mol. The van der Waals surface area contributed by atoms with Crippen LogP contribution in [0.5, 0.6) is 0 Å². The van der Waals surface area contributed by atoms with Gasteiger partial charge in [0.2, 0.25) is 0 Å². The molecule has 0 aromatic heterocycles. The van der Waals surface area contributed by atoms with Gasteiger partial charge in [-0.2, -0.15) is 0 Å². The smallest absolute Gasteiger partial charge is 0.333 e. The molecule has 0 bridgehead atoms. The molecular formula is C21H21NO4S. The van der Waals surface area contributed by atoms with Crippen molar-refractivity contribution in [2.45, 2.75) is 35.9 Å². The largest absolute Gasteiger partial charge is 0.480 e. The average Bonchev–Trinajstić information content (AvgIpc) is 3.14. The number of benzene rings is 2. The van der Waals surface area contributed by atoms with E-state index in [1.54, 1.807) is 0 Å². The van der Waals surface area contributed by atoms with Gasteiger partial charge < -0.3 is 9.84 Å². The normalized spacial score (nSPS) is 22.9. The number of carbonyl (C=O) groups is 2. The molecule has 6 heteroatoms. The molecule has 1 aliphatic carbocycles. The van der Waals surface area contributed by atoms with Gasteiger partial charge in [-0.3, -0.25) is 10.1 Å². The van der Waals surface area contributed by atoms with E-state index in [0.717, 1.165) is 11.1 Å². The molecule has 0 saturated carbocycles. The van der Waals surface area contributed by atoms with Crippen molar-refractivity contribution < 1.29 is 19.4 Å². The zero-order valence-electron chi connectivity index (χ0n) is 15.1. The number of carboxylic acid groups (broad SMARTS) is 1. The van der Waals surface area contributed by atoms with Crippen molar-refractivity contribution in [1.29, 1.82) is 0 Å². The van der Waals surface area contributed by atoms with Gasteiger partial charge in [-0.25, -0.2) is 4.79 Å². The maximum atomic E-state index is 12.6. The third-order valence-corrected chi connectivity index (χ3v) is 6.66. The molecule has 1 fully saturated rings. The van der Waals surface area contributed by atoms with Crippen molar-refractivity contribution in [3.8, 4) is 11.1 Å². The van der Waals surface area contributed by atoms with E-state index < -0.39 is 28.1 Å². The minimum Gasteiger partial charge on any atom is -0.480 e. The lowest BCUT2D eigenvalue weighted by Crippen LogP contribution is -2.46. The monoisotopic (exact) mass is 383 g/mol. The van der Waals surface area contributed by atoms with Crippen molar-refractivity contribution in [3.05, 3.63) is 59.7 Å². The first-order valence-corrected chi connectivity index (χ1v) is 9.78. The van der Waals surface area contributed by atoms with Gasteiger partial charge in [0.05, 0.1) is 0 Å². The Morgan fingerprint density at radius 2 is 1.63 bits per heavy atom. The summed E-state index contributed by atoms with van der Waals surface area (Å²) < 4.78 is 5.05. The number of nitrogens with one attached hydrogen (secondary N) is 1. The SMILES string of the molecule is CC1(C)S[C@@H](C(=O)OCC2c3ccccc3-c3ccccc32)N[C@@H]1C(=O)O. The minimum absolute atomic E-state index is 0.00367. The van der Waals surface area contributed by atoms with E-state index in [1.165, 1.54) is 22.9 Å². The van der Waals surface area contributed by atoms with Gasteiger partial charge in [-0.05, 0) is 36.1 Å². The summed E-state index contributed by atoms with van der Waals surface area (Å²) in [5.74, 6) is -1.38. The van der Waals surface area contributed by atoms with Crippen LogP contribution in [0.2, 0.25) is 0 Å². The molecule has 1 saturated heterocycles. The lowest BCUT2D eigenvalue weighted by molar-refractivity contribution is -0.144. The van der Waals surface area contributed by atoms with Crippen LogP contribution in [-0.2, 0) is 14.3 Å². The van der Waals surface area contributed by atoms with Crippen LogP contribution in [0.15, 0.2) is 48.5 Å². The molecule has 2 aliphatic rings. The Labute approximate surface area is 162 Å². The highest BCUT2D eigenvalue weighted by molar-refractivity contribution is 8.02. The van der Waals surface area contributed by atoms with Crippen molar-refractivity contribution in [2.75, 3.05) is 6.61 Å². The highest BCUT2D eigenvalue weighted by Gasteiger charge is 2.48. The maximum Gasteiger partial charge on any atom is 0.333 e. The van der Waals surface area contributed by atoms with Crippen LogP contribution in [-0.4, -0.2) is 39.8 Å². The molecule has 1 aliphatic heterocycles. The second kappa shape index (κ2) is 6.69. The summed E-state index contributed by atoms with van der Waals surface area (Å²) in [6.07, 6.45) is 0. The number of thioether (sulfide) groups is 1. The fourth-order valence-corrected chi connectivity index (χ4v) is 5.20. The van der Waals surface area contributed by atoms with Gasteiger partial charge >= 0.3 is 11.9 Å². The lowest BCUT2D eigenvalue weighted by Gasteiger charge is -2.20. The van der Waals surface area contributed by atoms with Crippen LogP contribution in [0.1, 0.15) is 30.9 Å². The fraction of sp³-hybridized carbons (Fsp3) is 0.333. The standard InChI is InChI=1S/C21H21NO4S/c1-21(2)17(19(23)24)22-18(27-21)20(25)26-11-16-14-9-5-3-7-12(14)13-8-4-6-10-15(13)16/h3-10,16-18,22H,11H2,1-2H3,(H,23,24)/t17-,18+/m1/s1. The Balaban J connectivity index is 1.50. The van der Waals surface area contributed by atoms with Crippen molar-refractivity contribution in [2.24, 2.45) is 0 Å². The number of fused-ring (bicyclic) bond motifs is 3. The molecule has 0 spiro atoms. The van der Waals surface area contributed by atoms with Crippen molar-refractivity contribution >= 4 is 23.7 Å². The van der Waals surface area contributed by atoms with E-state index in [9.17, 15) is 14.7 Å². The Hall–Kier alpha value is -2.31. The molecule has 2 aromatic carbocycles. The predicted octanol–water partition coefficient (Wildman–Crippen LogP) is 3.24. The van der Waals surface area contributed by atoms with Gasteiger partial charge in [-0.15, -0.1) is 11.8 Å². The Morgan fingerprint density at radius 3 is 2.15 bits per heavy atom. The Bertz CT molecular complexity index is 865. The summed E-state index contributed by atoms with van der Waals surface area (Å²) in [7, 11) is 0. The minimum atomic E-state index is -0.957. The summed E-state index contributed by atoms with van der Waals surface area (Å²) in [5.41, 5.74) is 4.66. The van der Waals surface area contributed by atoms with Gasteiger partial charge in [0.1, 0.15) is 12.6 Å². The third-order valence-electron chi connectivity index (χ3n) is 5.25. The van der Waals surface area contributed by atoms with Gasteiger partial charge in [0.15, 0.2) is 5.37 Å². The number of carboxylic acids is 1. The summed E-state index contributed by atoms with van der Waals surface area (Å²) in [6, 6.07) is 15.5. The zero-order chi connectivity index (χ0) is 19.2. The molecule has 0 radical (unpaired) electrons. The topological polar surface area (TPSA) is 75.6 Å². The second-order valence-corrected chi connectivity index (χ2v) is 9.16. The number of esters is 1. The third kappa shape index (κ3) is 3.13. The average molecular weight is 383 g/mol. The number of hydrogen-bond acceptors (Lipinski definition) is 5. The lowest BCUT2D eigenvalue weighted by atomic mass is 9.98. The molecule has 5 nitrogen and oxygen atoms in total. The molecule has 27 heavy (non-hydrogen) atoms. The molecule has 2 N–H and O–H groups in total. The number of rotatable bonds is 4. The quantitative estimate of drug-likeness (QED) is 0.790. The second-order valence-electron chi connectivity index (χ2n) is 7.40. The summed E-state index contributed by atoms with van der Waals surface area (Å²) in [4.78, 5) is 24.0. The Morgan fingerprint density at radius 1 is 1.07 bits per heavy atom. The van der Waals surface area contributed by atoms with Crippen LogP contribution in [0.3, 0.4) is 0 Å². The van der Waals surface area contributed by atoms with Crippen LogP contribution >= 0.6 is 11.8 Å². The zero-order valence-corrected chi connectivity index (χ0v) is 16.0. The number of hydrogen-bond donors (Lipinski definition) is 2. The van der Waals surface area contributed by atoms with Crippen LogP contribution in [0.25, 0.3) is 11.1 Å². The van der Waals surface area contributed by atoms with Crippen molar-refractivity contribution in [3.63, 3.8) is 0 Å². The summed E-state index contributed by atoms with van der Waals surface area (Å²) in [6.45, 7) is 3.88. The molecule has 0 unspecified atom stereocenters. The summed E-state index contributed by atoms with van der Waals surface area (Å²) in [5, 5.41) is 11.6. The van der Waals surface area contributed by atoms with Gasteiger partial charge in [-0.1, -0.05) is 48.5 Å². The van der Waals surface area contributed by atoms with E-state index in [1.807, 2.05) is 38.1 Å². The maximum absolute atomic E-state index is 12.6. The molecule has 2 atom stereocenters. The fourth-order valence-electron chi connectivity index (χ4n) is 3.92. The molecule has 1 heterocycles.